The largest absolute Gasteiger partial charge is 0.372 e. The summed E-state index contributed by atoms with van der Waals surface area (Å²) in [4.78, 5) is 13.5. The summed E-state index contributed by atoms with van der Waals surface area (Å²) in [5, 5.41) is 2.82. The molecule has 2 aliphatic rings. The summed E-state index contributed by atoms with van der Waals surface area (Å²) in [5.41, 5.74) is 9.15. The molecule has 3 N–H and O–H groups in total. The Kier molecular flexibility index (Phi) is 3.32. The van der Waals surface area contributed by atoms with Gasteiger partial charge >= 0.3 is 6.03 Å². The Morgan fingerprint density at radius 2 is 2.05 bits per heavy atom. The predicted molar refractivity (Wildman–Crippen MR) is 76.3 cm³/mol. The molecule has 1 aliphatic carbocycles. The Balaban J connectivity index is 1.79. The minimum absolute atomic E-state index is 0.0999. The van der Waals surface area contributed by atoms with Crippen molar-refractivity contribution in [1.29, 1.82) is 0 Å². The number of nitrogens with one attached hydrogen (secondary N) is 1. The van der Waals surface area contributed by atoms with E-state index in [4.69, 9.17) is 5.73 Å². The number of benzene rings is 1. The van der Waals surface area contributed by atoms with E-state index in [0.717, 1.165) is 12.8 Å². The van der Waals surface area contributed by atoms with E-state index < -0.39 is 6.03 Å². The van der Waals surface area contributed by atoms with Gasteiger partial charge in [0.2, 0.25) is 0 Å². The van der Waals surface area contributed by atoms with Crippen LogP contribution >= 0.6 is 0 Å². The lowest BCUT2D eigenvalue weighted by atomic mass is 10.1. The summed E-state index contributed by atoms with van der Waals surface area (Å²) in [6, 6.07) is 6.31. The zero-order chi connectivity index (χ0) is 13.2. The number of anilines is 1. The van der Waals surface area contributed by atoms with Gasteiger partial charge in [-0.25, -0.2) is 4.79 Å². The fourth-order valence-electron chi connectivity index (χ4n) is 3.27. The van der Waals surface area contributed by atoms with Crippen molar-refractivity contribution in [3.63, 3.8) is 0 Å². The maximum Gasteiger partial charge on any atom is 0.312 e. The lowest BCUT2D eigenvalue weighted by molar-refractivity contribution is 0.245. The predicted octanol–water partition coefficient (Wildman–Crippen LogP) is 2.33. The molecule has 1 aromatic rings. The third-order valence-electron chi connectivity index (χ3n) is 4.24. The third kappa shape index (κ3) is 2.53. The zero-order valence-electron chi connectivity index (χ0n) is 11.2. The van der Waals surface area contributed by atoms with Gasteiger partial charge in [0.15, 0.2) is 0 Å². The topological polar surface area (TPSA) is 58.4 Å². The fourth-order valence-corrected chi connectivity index (χ4v) is 3.27. The number of fused-ring (bicyclic) bond motifs is 1. The van der Waals surface area contributed by atoms with Gasteiger partial charge in [0, 0.05) is 18.8 Å². The third-order valence-corrected chi connectivity index (χ3v) is 4.24. The van der Waals surface area contributed by atoms with Gasteiger partial charge in [0.25, 0.3) is 0 Å². The Bertz CT molecular complexity index is 480. The molecule has 0 radical (unpaired) electrons. The lowest BCUT2D eigenvalue weighted by Crippen LogP contribution is -2.32. The highest BCUT2D eigenvalue weighted by Crippen LogP contribution is 2.34. The van der Waals surface area contributed by atoms with Gasteiger partial charge in [-0.3, -0.25) is 0 Å². The van der Waals surface area contributed by atoms with E-state index in [0.29, 0.717) is 0 Å². The van der Waals surface area contributed by atoms with Crippen LogP contribution in [0.1, 0.15) is 42.9 Å². The van der Waals surface area contributed by atoms with E-state index in [9.17, 15) is 4.79 Å². The first-order valence-electron chi connectivity index (χ1n) is 7.18. The average molecular weight is 259 g/mol. The first-order chi connectivity index (χ1) is 9.24. The number of piperidine rings is 1. The molecule has 4 nitrogen and oxygen atoms in total. The molecule has 1 fully saturated rings. The highest BCUT2D eigenvalue weighted by Gasteiger charge is 2.24. The van der Waals surface area contributed by atoms with Gasteiger partial charge in [-0.2, -0.15) is 0 Å². The van der Waals surface area contributed by atoms with Crippen LogP contribution in [0.15, 0.2) is 18.2 Å². The molecule has 19 heavy (non-hydrogen) atoms. The second-order valence-corrected chi connectivity index (χ2v) is 5.53. The minimum Gasteiger partial charge on any atom is -0.372 e. The molecule has 3 rings (SSSR count). The molecule has 1 heterocycles. The van der Waals surface area contributed by atoms with Crippen molar-refractivity contribution in [3.05, 3.63) is 29.3 Å². The van der Waals surface area contributed by atoms with Crippen LogP contribution in [0.2, 0.25) is 0 Å². The zero-order valence-corrected chi connectivity index (χ0v) is 11.2. The van der Waals surface area contributed by atoms with Crippen LogP contribution in [0, 0.1) is 0 Å². The minimum atomic E-state index is -0.432. The Morgan fingerprint density at radius 3 is 2.79 bits per heavy atom. The van der Waals surface area contributed by atoms with E-state index in [1.807, 2.05) is 0 Å². The van der Waals surface area contributed by atoms with E-state index in [1.54, 1.807) is 0 Å². The van der Waals surface area contributed by atoms with Crippen molar-refractivity contribution >= 4 is 11.7 Å². The van der Waals surface area contributed by atoms with Crippen molar-refractivity contribution < 1.29 is 4.79 Å². The second kappa shape index (κ2) is 5.11. The molecule has 4 heteroatoms. The van der Waals surface area contributed by atoms with E-state index in [2.05, 4.69) is 28.4 Å². The smallest absolute Gasteiger partial charge is 0.312 e. The number of aryl methyl sites for hydroxylation is 1. The normalized spacial score (nSPS) is 22.1. The van der Waals surface area contributed by atoms with Crippen LogP contribution in [-0.4, -0.2) is 19.1 Å². The van der Waals surface area contributed by atoms with Crippen LogP contribution in [0.3, 0.4) is 0 Å². The standard InChI is InChI=1S/C15H21N3O/c16-15(19)17-14-7-4-11-10-12(5-6-13(11)14)18-8-2-1-3-9-18/h5-6,10,14H,1-4,7-9H2,(H3,16,17,19). The fraction of sp³-hybridized carbons (Fsp3) is 0.533. The van der Waals surface area contributed by atoms with Crippen molar-refractivity contribution in [1.82, 2.24) is 5.32 Å². The molecule has 0 saturated carbocycles. The number of urea groups is 1. The number of amides is 2. The Labute approximate surface area is 114 Å². The molecular weight excluding hydrogens is 238 g/mol. The van der Waals surface area contributed by atoms with Crippen molar-refractivity contribution in [2.75, 3.05) is 18.0 Å². The number of nitrogens with two attached hydrogens (primary N) is 1. The summed E-state index contributed by atoms with van der Waals surface area (Å²) < 4.78 is 0. The number of hydrogen-bond donors (Lipinski definition) is 2. The summed E-state index contributed by atoms with van der Waals surface area (Å²) in [5.74, 6) is 0. The molecule has 0 bridgehead atoms. The van der Waals surface area contributed by atoms with Crippen LogP contribution in [-0.2, 0) is 6.42 Å². The van der Waals surface area contributed by atoms with Crippen molar-refractivity contribution in [2.24, 2.45) is 5.73 Å². The first kappa shape index (κ1) is 12.3. The van der Waals surface area contributed by atoms with Crippen LogP contribution in [0.4, 0.5) is 10.5 Å². The SMILES string of the molecule is NC(=O)NC1CCc2cc(N3CCCCC3)ccc21. The summed E-state index contributed by atoms with van der Waals surface area (Å²) in [6.45, 7) is 2.34. The van der Waals surface area contributed by atoms with Gasteiger partial charge in [0.1, 0.15) is 0 Å². The maximum atomic E-state index is 11.0. The molecule has 102 valence electrons. The monoisotopic (exact) mass is 259 g/mol. The van der Waals surface area contributed by atoms with Gasteiger partial charge in [0.05, 0.1) is 6.04 Å². The highest BCUT2D eigenvalue weighted by atomic mass is 16.2. The summed E-state index contributed by atoms with van der Waals surface area (Å²) in [7, 11) is 0. The number of primary amides is 1. The molecular formula is C15H21N3O. The maximum absolute atomic E-state index is 11.0. The number of carbonyl (C=O) groups excluding carboxylic acids is 1. The summed E-state index contributed by atoms with van der Waals surface area (Å²) in [6.07, 6.45) is 5.93. The number of carbonyl (C=O) groups is 1. The van der Waals surface area contributed by atoms with Gasteiger partial charge < -0.3 is 16.0 Å². The van der Waals surface area contributed by atoms with E-state index in [1.165, 1.54) is 49.2 Å². The molecule has 1 aromatic carbocycles. The molecule has 1 aliphatic heterocycles. The summed E-state index contributed by atoms with van der Waals surface area (Å²) >= 11 is 0. The Hall–Kier alpha value is -1.71. The molecule has 1 unspecified atom stereocenters. The number of rotatable bonds is 2. The average Bonchev–Trinajstić information content (AvgIpc) is 2.81. The molecule has 1 atom stereocenters. The van der Waals surface area contributed by atoms with Gasteiger partial charge in [-0.15, -0.1) is 0 Å². The lowest BCUT2D eigenvalue weighted by Gasteiger charge is -2.29. The van der Waals surface area contributed by atoms with Gasteiger partial charge in [-0.1, -0.05) is 6.07 Å². The molecule has 0 aromatic heterocycles. The molecule has 1 saturated heterocycles. The van der Waals surface area contributed by atoms with Crippen LogP contribution in [0.5, 0.6) is 0 Å². The van der Waals surface area contributed by atoms with Crippen molar-refractivity contribution in [3.8, 4) is 0 Å². The molecule has 0 spiro atoms. The van der Waals surface area contributed by atoms with Crippen LogP contribution < -0.4 is 16.0 Å². The van der Waals surface area contributed by atoms with Crippen LogP contribution in [0.25, 0.3) is 0 Å². The van der Waals surface area contributed by atoms with E-state index in [-0.39, 0.29) is 6.04 Å². The van der Waals surface area contributed by atoms with Crippen molar-refractivity contribution in [2.45, 2.75) is 38.1 Å². The Morgan fingerprint density at radius 1 is 1.26 bits per heavy atom. The highest BCUT2D eigenvalue weighted by molar-refractivity contribution is 5.72. The number of hydrogen-bond acceptors (Lipinski definition) is 2. The number of nitrogens with zero attached hydrogens (tertiary/aromatic N) is 1. The molecule has 2 amide bonds. The first-order valence-corrected chi connectivity index (χ1v) is 7.18. The quantitative estimate of drug-likeness (QED) is 0.856. The second-order valence-electron chi connectivity index (χ2n) is 5.53. The van der Waals surface area contributed by atoms with Gasteiger partial charge in [-0.05, 0) is 55.4 Å². The van der Waals surface area contributed by atoms with E-state index >= 15 is 0 Å².